The Kier molecular flexibility index (Phi) is 5.36. The van der Waals surface area contributed by atoms with Gasteiger partial charge in [0.2, 0.25) is 0 Å². The molecule has 0 radical (unpaired) electrons. The molecule has 2 N–H and O–H groups in total. The molecule has 3 rings (SSSR count). The molecule has 0 spiro atoms. The van der Waals surface area contributed by atoms with Crippen molar-refractivity contribution in [2.45, 2.75) is 58.1 Å². The van der Waals surface area contributed by atoms with E-state index in [-0.39, 0.29) is 0 Å². The van der Waals surface area contributed by atoms with Crippen LogP contribution in [0.15, 0.2) is 30.3 Å². The number of hydrogen-bond donors (Lipinski definition) is 2. The van der Waals surface area contributed by atoms with E-state index in [4.69, 9.17) is 4.74 Å². The number of aromatic nitrogens is 1. The van der Waals surface area contributed by atoms with Crippen molar-refractivity contribution in [1.82, 2.24) is 15.6 Å². The summed E-state index contributed by atoms with van der Waals surface area (Å²) in [4.78, 5) is 41.4. The fourth-order valence-corrected chi connectivity index (χ4v) is 2.82. The summed E-state index contributed by atoms with van der Waals surface area (Å²) in [6.45, 7) is 6.83. The molecule has 0 aliphatic heterocycles. The van der Waals surface area contributed by atoms with Crippen LogP contribution < -0.4 is 10.6 Å². The highest BCUT2D eigenvalue weighted by Crippen LogP contribution is 2.40. The molecule has 1 fully saturated rings. The standard InChI is InChI=1S/C21H25N3O4/c1-12(18(25)23-20(27)24-21(2,3)4)28-19(26)15-11-17(13-9-10-13)22-16-8-6-5-7-14(15)16/h5-8,11-13H,9-10H2,1-4H3,(H2,23,24,25,27)/t12-/m0/s1. The molecule has 1 aromatic heterocycles. The number of amides is 3. The number of carbonyl (C=O) groups excluding carboxylic acids is 3. The Bertz CT molecular complexity index is 929. The smallest absolute Gasteiger partial charge is 0.339 e. The van der Waals surface area contributed by atoms with E-state index >= 15 is 0 Å². The van der Waals surface area contributed by atoms with Gasteiger partial charge in [-0.05, 0) is 52.7 Å². The molecule has 148 valence electrons. The van der Waals surface area contributed by atoms with Crippen LogP contribution >= 0.6 is 0 Å². The number of nitrogens with zero attached hydrogens (tertiary/aromatic N) is 1. The summed E-state index contributed by atoms with van der Waals surface area (Å²) >= 11 is 0. The molecule has 1 aliphatic rings. The van der Waals surface area contributed by atoms with E-state index in [1.807, 2.05) is 18.2 Å². The first-order chi connectivity index (χ1) is 13.1. The van der Waals surface area contributed by atoms with Crippen molar-refractivity contribution in [2.75, 3.05) is 0 Å². The van der Waals surface area contributed by atoms with Crippen molar-refractivity contribution in [1.29, 1.82) is 0 Å². The van der Waals surface area contributed by atoms with Crippen LogP contribution in [-0.4, -0.2) is 34.5 Å². The number of carbonyl (C=O) groups is 3. The largest absolute Gasteiger partial charge is 0.449 e. The number of pyridine rings is 1. The summed E-state index contributed by atoms with van der Waals surface area (Å²) in [6.07, 6.45) is 0.998. The Hall–Kier alpha value is -2.96. The normalized spacial score (nSPS) is 15.0. The lowest BCUT2D eigenvalue weighted by molar-refractivity contribution is -0.127. The number of ether oxygens (including phenoxy) is 1. The van der Waals surface area contributed by atoms with Gasteiger partial charge in [0.15, 0.2) is 6.10 Å². The van der Waals surface area contributed by atoms with Crippen LogP contribution in [0.5, 0.6) is 0 Å². The second kappa shape index (κ2) is 7.58. The average Bonchev–Trinajstić information content (AvgIpc) is 3.43. The Morgan fingerprint density at radius 2 is 1.86 bits per heavy atom. The number of benzene rings is 1. The van der Waals surface area contributed by atoms with E-state index in [1.165, 1.54) is 6.92 Å². The van der Waals surface area contributed by atoms with Crippen LogP contribution in [0.25, 0.3) is 10.9 Å². The summed E-state index contributed by atoms with van der Waals surface area (Å²) in [7, 11) is 0. The monoisotopic (exact) mass is 383 g/mol. The molecule has 0 bridgehead atoms. The molecule has 3 amide bonds. The number of esters is 1. The third kappa shape index (κ3) is 4.85. The first kappa shape index (κ1) is 19.8. The first-order valence-electron chi connectivity index (χ1n) is 9.38. The molecule has 7 heteroatoms. The molecule has 1 heterocycles. The van der Waals surface area contributed by atoms with E-state index in [0.29, 0.717) is 16.9 Å². The zero-order valence-corrected chi connectivity index (χ0v) is 16.5. The summed E-state index contributed by atoms with van der Waals surface area (Å²) in [5.74, 6) is -0.923. The van der Waals surface area contributed by atoms with Crippen LogP contribution in [0, 0.1) is 0 Å². The van der Waals surface area contributed by atoms with E-state index in [2.05, 4.69) is 15.6 Å². The lowest BCUT2D eigenvalue weighted by Crippen LogP contribution is -2.50. The van der Waals surface area contributed by atoms with Crippen molar-refractivity contribution in [2.24, 2.45) is 0 Å². The summed E-state index contributed by atoms with van der Waals surface area (Å²) in [5.41, 5.74) is 1.48. The number of para-hydroxylation sites is 1. The molecule has 1 atom stereocenters. The zero-order valence-electron chi connectivity index (χ0n) is 16.5. The Balaban J connectivity index is 1.73. The molecular weight excluding hydrogens is 358 g/mol. The number of rotatable bonds is 4. The second-order valence-electron chi connectivity index (χ2n) is 8.13. The van der Waals surface area contributed by atoms with Crippen molar-refractivity contribution in [3.8, 4) is 0 Å². The van der Waals surface area contributed by atoms with Crippen molar-refractivity contribution >= 4 is 28.8 Å². The quantitative estimate of drug-likeness (QED) is 0.790. The van der Waals surface area contributed by atoms with Crippen LogP contribution in [0.2, 0.25) is 0 Å². The van der Waals surface area contributed by atoms with Crippen LogP contribution in [0.1, 0.15) is 62.5 Å². The summed E-state index contributed by atoms with van der Waals surface area (Å²) < 4.78 is 5.33. The predicted octanol–water partition coefficient (Wildman–Crippen LogP) is 3.28. The SMILES string of the molecule is C[C@H](OC(=O)c1cc(C2CC2)nc2ccccc12)C(=O)NC(=O)NC(C)(C)C. The van der Waals surface area contributed by atoms with Gasteiger partial charge in [-0.15, -0.1) is 0 Å². The van der Waals surface area contributed by atoms with E-state index in [0.717, 1.165) is 24.1 Å². The highest BCUT2D eigenvalue weighted by atomic mass is 16.5. The predicted molar refractivity (Wildman–Crippen MR) is 105 cm³/mol. The highest BCUT2D eigenvalue weighted by molar-refractivity contribution is 6.05. The maximum Gasteiger partial charge on any atom is 0.339 e. The lowest BCUT2D eigenvalue weighted by Gasteiger charge is -2.21. The third-order valence-corrected chi connectivity index (χ3v) is 4.33. The molecule has 0 saturated heterocycles. The number of nitrogens with one attached hydrogen (secondary N) is 2. The molecule has 7 nitrogen and oxygen atoms in total. The molecule has 28 heavy (non-hydrogen) atoms. The number of urea groups is 1. The van der Waals surface area contributed by atoms with Gasteiger partial charge in [-0.25, -0.2) is 9.59 Å². The maximum absolute atomic E-state index is 12.8. The van der Waals surface area contributed by atoms with E-state index in [9.17, 15) is 14.4 Å². The summed E-state index contributed by atoms with van der Waals surface area (Å²) in [6, 6.07) is 8.46. The van der Waals surface area contributed by atoms with Gasteiger partial charge >= 0.3 is 12.0 Å². The maximum atomic E-state index is 12.8. The number of imide groups is 1. The van der Waals surface area contributed by atoms with Gasteiger partial charge in [-0.2, -0.15) is 0 Å². The van der Waals surface area contributed by atoms with Gasteiger partial charge in [0, 0.05) is 22.5 Å². The van der Waals surface area contributed by atoms with Crippen molar-refractivity contribution < 1.29 is 19.1 Å². The second-order valence-corrected chi connectivity index (χ2v) is 8.13. The zero-order chi connectivity index (χ0) is 20.5. The molecule has 1 aromatic carbocycles. The van der Waals surface area contributed by atoms with Crippen LogP contribution in [0.3, 0.4) is 0 Å². The highest BCUT2D eigenvalue weighted by Gasteiger charge is 2.28. The fraction of sp³-hybridized carbons (Fsp3) is 0.429. The molecular formula is C21H25N3O4. The van der Waals surface area contributed by atoms with Gasteiger partial charge < -0.3 is 10.1 Å². The van der Waals surface area contributed by atoms with Crippen LogP contribution in [-0.2, 0) is 9.53 Å². The Morgan fingerprint density at radius 1 is 1.18 bits per heavy atom. The Labute approximate surface area is 163 Å². The van der Waals surface area contributed by atoms with Gasteiger partial charge in [-0.1, -0.05) is 18.2 Å². The Morgan fingerprint density at radius 3 is 2.50 bits per heavy atom. The fourth-order valence-electron chi connectivity index (χ4n) is 2.82. The van der Waals surface area contributed by atoms with E-state index < -0.39 is 29.6 Å². The number of fused-ring (bicyclic) bond motifs is 1. The average molecular weight is 383 g/mol. The molecule has 1 saturated carbocycles. The molecule has 2 aromatic rings. The van der Waals surface area contributed by atoms with Gasteiger partial charge in [0.05, 0.1) is 11.1 Å². The minimum absolute atomic E-state index is 0.373. The topological polar surface area (TPSA) is 97.4 Å². The molecule has 0 unspecified atom stereocenters. The van der Waals surface area contributed by atoms with Crippen molar-refractivity contribution in [3.63, 3.8) is 0 Å². The van der Waals surface area contributed by atoms with Gasteiger partial charge in [0.1, 0.15) is 0 Å². The molecule has 1 aliphatic carbocycles. The third-order valence-electron chi connectivity index (χ3n) is 4.33. The van der Waals surface area contributed by atoms with Crippen molar-refractivity contribution in [3.05, 3.63) is 41.6 Å². The minimum atomic E-state index is -1.12. The van der Waals surface area contributed by atoms with Gasteiger partial charge in [0.25, 0.3) is 5.91 Å². The minimum Gasteiger partial charge on any atom is -0.449 e. The van der Waals surface area contributed by atoms with Gasteiger partial charge in [-0.3, -0.25) is 15.1 Å². The lowest BCUT2D eigenvalue weighted by atomic mass is 10.1. The first-order valence-corrected chi connectivity index (χ1v) is 9.38. The summed E-state index contributed by atoms with van der Waals surface area (Å²) in [5, 5.41) is 5.49. The van der Waals surface area contributed by atoms with Crippen LogP contribution in [0.4, 0.5) is 4.79 Å². The van der Waals surface area contributed by atoms with E-state index in [1.54, 1.807) is 32.9 Å². The number of hydrogen-bond acceptors (Lipinski definition) is 5.